The molecule has 0 fully saturated rings. The number of hydrogen-bond donors (Lipinski definition) is 3. The predicted molar refractivity (Wildman–Crippen MR) is 80.5 cm³/mol. The maximum Gasteiger partial charge on any atom is 0.248 e. The Kier molecular flexibility index (Phi) is 5.37. The minimum Gasteiger partial charge on any atom is -0.397 e. The molecule has 5 N–H and O–H groups in total. The standard InChI is InChI=1S/C14H22N4O2/c1-9(2)7-17-13(19)8-18(3)12-5-4-10(14(16)20)6-11(12)15/h4-6,9H,7-8,15H2,1-3H3,(H2,16,20)(H,17,19). The third-order valence-electron chi connectivity index (χ3n) is 2.81. The largest absolute Gasteiger partial charge is 0.397 e. The van der Waals surface area contributed by atoms with Crippen LogP contribution in [-0.2, 0) is 4.79 Å². The second kappa shape index (κ2) is 6.79. The smallest absolute Gasteiger partial charge is 0.248 e. The van der Waals surface area contributed by atoms with Crippen molar-refractivity contribution in [3.63, 3.8) is 0 Å². The zero-order chi connectivity index (χ0) is 15.3. The lowest BCUT2D eigenvalue weighted by molar-refractivity contribution is -0.119. The lowest BCUT2D eigenvalue weighted by Crippen LogP contribution is -2.37. The number of likely N-dealkylation sites (N-methyl/N-ethyl adjacent to an activating group) is 1. The van der Waals surface area contributed by atoms with Crippen LogP contribution >= 0.6 is 0 Å². The van der Waals surface area contributed by atoms with E-state index in [1.807, 2.05) is 13.8 Å². The lowest BCUT2D eigenvalue weighted by atomic mass is 10.1. The number of anilines is 2. The Labute approximate surface area is 119 Å². The monoisotopic (exact) mass is 278 g/mol. The van der Waals surface area contributed by atoms with E-state index in [-0.39, 0.29) is 12.5 Å². The first-order valence-corrected chi connectivity index (χ1v) is 6.48. The van der Waals surface area contributed by atoms with Crippen LogP contribution in [0.5, 0.6) is 0 Å². The number of nitrogens with two attached hydrogens (primary N) is 2. The Hall–Kier alpha value is -2.24. The van der Waals surface area contributed by atoms with E-state index in [4.69, 9.17) is 11.5 Å². The number of rotatable bonds is 6. The number of nitrogens with zero attached hydrogens (tertiary/aromatic N) is 1. The molecule has 6 nitrogen and oxygen atoms in total. The SMILES string of the molecule is CC(C)CNC(=O)CN(C)c1ccc(C(N)=O)cc1N. The normalized spacial score (nSPS) is 10.4. The maximum absolute atomic E-state index is 11.7. The van der Waals surface area contributed by atoms with Crippen LogP contribution in [0, 0.1) is 5.92 Å². The van der Waals surface area contributed by atoms with Crippen molar-refractivity contribution < 1.29 is 9.59 Å². The van der Waals surface area contributed by atoms with E-state index in [1.165, 1.54) is 6.07 Å². The highest BCUT2D eigenvalue weighted by Gasteiger charge is 2.12. The quantitative estimate of drug-likeness (QED) is 0.662. The first-order valence-electron chi connectivity index (χ1n) is 6.48. The van der Waals surface area contributed by atoms with Crippen molar-refractivity contribution in [1.29, 1.82) is 0 Å². The van der Waals surface area contributed by atoms with Crippen molar-refractivity contribution in [2.75, 3.05) is 30.8 Å². The second-order valence-electron chi connectivity index (χ2n) is 5.19. The van der Waals surface area contributed by atoms with Gasteiger partial charge < -0.3 is 21.7 Å². The van der Waals surface area contributed by atoms with Crippen LogP contribution in [0.2, 0.25) is 0 Å². The third kappa shape index (κ3) is 4.46. The Morgan fingerprint density at radius 2 is 2.00 bits per heavy atom. The van der Waals surface area contributed by atoms with Gasteiger partial charge in [-0.25, -0.2) is 0 Å². The maximum atomic E-state index is 11.7. The number of nitrogens with one attached hydrogen (secondary N) is 1. The van der Waals surface area contributed by atoms with Gasteiger partial charge in [0.1, 0.15) is 0 Å². The minimum atomic E-state index is -0.527. The number of benzene rings is 1. The zero-order valence-electron chi connectivity index (χ0n) is 12.1. The summed E-state index contributed by atoms with van der Waals surface area (Å²) < 4.78 is 0. The van der Waals surface area contributed by atoms with Gasteiger partial charge in [-0.1, -0.05) is 13.8 Å². The van der Waals surface area contributed by atoms with Crippen LogP contribution < -0.4 is 21.7 Å². The lowest BCUT2D eigenvalue weighted by Gasteiger charge is -2.21. The molecule has 0 saturated carbocycles. The Bertz CT molecular complexity index is 500. The molecule has 0 aromatic heterocycles. The van der Waals surface area contributed by atoms with E-state index in [1.54, 1.807) is 24.1 Å². The molecule has 2 amide bonds. The van der Waals surface area contributed by atoms with Crippen molar-refractivity contribution in [2.24, 2.45) is 11.7 Å². The summed E-state index contributed by atoms with van der Waals surface area (Å²) in [5, 5.41) is 2.84. The predicted octanol–water partition coefficient (Wildman–Crippen LogP) is 0.576. The summed E-state index contributed by atoms with van der Waals surface area (Å²) in [4.78, 5) is 24.5. The van der Waals surface area contributed by atoms with Crippen LogP contribution in [0.3, 0.4) is 0 Å². The van der Waals surface area contributed by atoms with Crippen LogP contribution in [0.15, 0.2) is 18.2 Å². The summed E-state index contributed by atoms with van der Waals surface area (Å²) >= 11 is 0. The molecule has 0 aliphatic rings. The van der Waals surface area contributed by atoms with Gasteiger partial charge in [-0.2, -0.15) is 0 Å². The van der Waals surface area contributed by atoms with Gasteiger partial charge in [0.2, 0.25) is 11.8 Å². The van der Waals surface area contributed by atoms with Gasteiger partial charge in [0.05, 0.1) is 17.9 Å². The topological polar surface area (TPSA) is 101 Å². The molecular formula is C14H22N4O2. The van der Waals surface area contributed by atoms with Crippen molar-refractivity contribution in [3.05, 3.63) is 23.8 Å². The summed E-state index contributed by atoms with van der Waals surface area (Å²) in [6, 6.07) is 4.79. The molecule has 0 heterocycles. The fourth-order valence-electron chi connectivity index (χ4n) is 1.73. The molecule has 20 heavy (non-hydrogen) atoms. The molecule has 0 spiro atoms. The highest BCUT2D eigenvalue weighted by Crippen LogP contribution is 2.22. The zero-order valence-corrected chi connectivity index (χ0v) is 12.1. The number of amides is 2. The van der Waals surface area contributed by atoms with Gasteiger partial charge in [-0.3, -0.25) is 9.59 Å². The van der Waals surface area contributed by atoms with E-state index < -0.39 is 5.91 Å². The fraction of sp³-hybridized carbons (Fsp3) is 0.429. The summed E-state index contributed by atoms with van der Waals surface area (Å²) in [6.45, 7) is 4.91. The van der Waals surface area contributed by atoms with E-state index >= 15 is 0 Å². The first-order chi connectivity index (χ1) is 9.31. The molecule has 0 aliphatic heterocycles. The van der Waals surface area contributed by atoms with E-state index in [2.05, 4.69) is 5.32 Å². The average molecular weight is 278 g/mol. The molecule has 1 aromatic carbocycles. The molecule has 6 heteroatoms. The first kappa shape index (κ1) is 15.8. The van der Waals surface area contributed by atoms with Crippen molar-refractivity contribution in [1.82, 2.24) is 5.32 Å². The highest BCUT2D eigenvalue weighted by atomic mass is 16.2. The van der Waals surface area contributed by atoms with Crippen LogP contribution in [0.4, 0.5) is 11.4 Å². The molecule has 0 saturated heterocycles. The Morgan fingerprint density at radius 3 is 2.50 bits per heavy atom. The van der Waals surface area contributed by atoms with E-state index in [0.29, 0.717) is 29.4 Å². The molecule has 0 atom stereocenters. The van der Waals surface area contributed by atoms with Crippen molar-refractivity contribution in [3.8, 4) is 0 Å². The molecule has 0 aliphatic carbocycles. The van der Waals surface area contributed by atoms with Gasteiger partial charge in [-0.05, 0) is 24.1 Å². The summed E-state index contributed by atoms with van der Waals surface area (Å²) in [6.07, 6.45) is 0. The molecule has 0 radical (unpaired) electrons. The number of primary amides is 1. The molecule has 1 aromatic rings. The van der Waals surface area contributed by atoms with Gasteiger partial charge in [0.25, 0.3) is 0 Å². The van der Waals surface area contributed by atoms with E-state index in [0.717, 1.165) is 0 Å². The Morgan fingerprint density at radius 1 is 1.35 bits per heavy atom. The van der Waals surface area contributed by atoms with Gasteiger partial charge >= 0.3 is 0 Å². The van der Waals surface area contributed by atoms with Crippen molar-refractivity contribution >= 4 is 23.2 Å². The molecular weight excluding hydrogens is 256 g/mol. The fourth-order valence-corrected chi connectivity index (χ4v) is 1.73. The molecule has 110 valence electrons. The Balaban J connectivity index is 2.70. The average Bonchev–Trinajstić information content (AvgIpc) is 2.35. The van der Waals surface area contributed by atoms with Gasteiger partial charge in [-0.15, -0.1) is 0 Å². The molecule has 0 unspecified atom stereocenters. The second-order valence-corrected chi connectivity index (χ2v) is 5.19. The summed E-state index contributed by atoms with van der Waals surface area (Å²) in [5.41, 5.74) is 12.5. The summed E-state index contributed by atoms with van der Waals surface area (Å²) in [5.74, 6) is -0.190. The third-order valence-corrected chi connectivity index (χ3v) is 2.81. The molecule has 0 bridgehead atoms. The number of hydrogen-bond acceptors (Lipinski definition) is 4. The number of nitrogen functional groups attached to an aromatic ring is 1. The van der Waals surface area contributed by atoms with Gasteiger partial charge in [0.15, 0.2) is 0 Å². The summed E-state index contributed by atoms with van der Waals surface area (Å²) in [7, 11) is 1.77. The van der Waals surface area contributed by atoms with Gasteiger partial charge in [0, 0.05) is 19.2 Å². The minimum absolute atomic E-state index is 0.0698. The van der Waals surface area contributed by atoms with Crippen LogP contribution in [0.1, 0.15) is 24.2 Å². The van der Waals surface area contributed by atoms with Crippen LogP contribution in [-0.4, -0.2) is 32.0 Å². The highest BCUT2D eigenvalue weighted by molar-refractivity contribution is 5.95. The number of carbonyl (C=O) groups is 2. The number of carbonyl (C=O) groups excluding carboxylic acids is 2. The van der Waals surface area contributed by atoms with E-state index in [9.17, 15) is 9.59 Å². The molecule has 1 rings (SSSR count). The van der Waals surface area contributed by atoms with Crippen LogP contribution in [0.25, 0.3) is 0 Å². The van der Waals surface area contributed by atoms with Crippen molar-refractivity contribution in [2.45, 2.75) is 13.8 Å².